The molecule has 2 atom stereocenters. The Hall–Kier alpha value is -3.21. The van der Waals surface area contributed by atoms with E-state index < -0.39 is 42.4 Å². The van der Waals surface area contributed by atoms with Crippen LogP contribution in [-0.2, 0) is 4.79 Å². The van der Waals surface area contributed by atoms with Crippen LogP contribution in [0.1, 0.15) is 48.3 Å². The van der Waals surface area contributed by atoms with Gasteiger partial charge in [0.25, 0.3) is 5.91 Å². The molecule has 2 aromatic rings. The molecule has 2 heterocycles. The molecule has 3 rings (SSSR count). The van der Waals surface area contributed by atoms with E-state index in [0.717, 1.165) is 27.1 Å². The summed E-state index contributed by atoms with van der Waals surface area (Å²) in [6, 6.07) is 2.23. The molecule has 0 bridgehead atoms. The SMILES string of the molecule is Cc1ccnc(C(C)C)c1Nc1cc(Br)c(F)cc1C(=O)N1C[C@@H](C)N(C(=O)O)CC1C(=O)O. The predicted octanol–water partition coefficient (Wildman–Crippen LogP) is 4.44. The van der Waals surface area contributed by atoms with Gasteiger partial charge in [0.15, 0.2) is 0 Å². The number of pyridine rings is 1. The van der Waals surface area contributed by atoms with Crippen molar-refractivity contribution >= 4 is 45.3 Å². The number of carbonyl (C=O) groups excluding carboxylic acids is 1. The fraction of sp³-hybridized carbons (Fsp3) is 0.391. The van der Waals surface area contributed by atoms with Gasteiger partial charge in [0.05, 0.1) is 33.6 Å². The summed E-state index contributed by atoms with van der Waals surface area (Å²) >= 11 is 3.15. The fourth-order valence-electron chi connectivity index (χ4n) is 3.97. The van der Waals surface area contributed by atoms with E-state index in [9.17, 15) is 29.0 Å². The van der Waals surface area contributed by atoms with E-state index in [1.165, 1.54) is 6.07 Å². The molecule has 0 aliphatic carbocycles. The van der Waals surface area contributed by atoms with E-state index in [0.29, 0.717) is 5.69 Å². The zero-order valence-corrected chi connectivity index (χ0v) is 20.8. The molecule has 1 unspecified atom stereocenters. The number of hydrogen-bond acceptors (Lipinski definition) is 5. The second-order valence-corrected chi connectivity index (χ2v) is 9.43. The molecule has 182 valence electrons. The molecule has 34 heavy (non-hydrogen) atoms. The summed E-state index contributed by atoms with van der Waals surface area (Å²) in [5.41, 5.74) is 2.49. The van der Waals surface area contributed by atoms with Gasteiger partial charge in [-0.15, -0.1) is 0 Å². The molecule has 9 nitrogen and oxygen atoms in total. The number of amides is 2. The molecule has 1 saturated heterocycles. The number of halogens is 2. The zero-order chi connectivity index (χ0) is 25.3. The molecule has 3 N–H and O–H groups in total. The van der Waals surface area contributed by atoms with Crippen LogP contribution in [0.2, 0.25) is 0 Å². The molecular weight excluding hydrogens is 511 g/mol. The number of aromatic nitrogens is 1. The third kappa shape index (κ3) is 4.98. The smallest absolute Gasteiger partial charge is 0.407 e. The third-order valence-corrected chi connectivity index (χ3v) is 6.42. The number of rotatable bonds is 5. The summed E-state index contributed by atoms with van der Waals surface area (Å²) in [5.74, 6) is -2.69. The number of piperazine rings is 1. The molecule has 11 heteroatoms. The largest absolute Gasteiger partial charge is 0.480 e. The number of anilines is 2. The summed E-state index contributed by atoms with van der Waals surface area (Å²) in [6.45, 7) is 6.87. The van der Waals surface area contributed by atoms with Crippen LogP contribution in [0.5, 0.6) is 0 Å². The molecule has 1 aliphatic heterocycles. The number of nitrogens with one attached hydrogen (secondary N) is 1. The first-order valence-corrected chi connectivity index (χ1v) is 11.5. The maximum Gasteiger partial charge on any atom is 0.407 e. The maximum absolute atomic E-state index is 14.6. The van der Waals surface area contributed by atoms with Gasteiger partial charge in [-0.2, -0.15) is 0 Å². The standard InChI is InChI=1S/C23H26BrFN4O5/c1-11(2)19-20(12(3)5-6-26-19)27-17-8-15(24)16(25)7-14(17)21(30)29-9-13(4)28(23(33)34)10-18(29)22(31)32/h5-8,11,13,18,27H,9-10H2,1-4H3,(H,31,32)(H,33,34)/t13-,18?/m1/s1. The minimum atomic E-state index is -1.41. The Morgan fingerprint density at radius 2 is 1.88 bits per heavy atom. The Morgan fingerprint density at radius 1 is 1.21 bits per heavy atom. The van der Waals surface area contributed by atoms with Crippen LogP contribution in [0, 0.1) is 12.7 Å². The van der Waals surface area contributed by atoms with Crippen LogP contribution in [0.15, 0.2) is 28.9 Å². The van der Waals surface area contributed by atoms with Crippen LogP contribution in [0.25, 0.3) is 0 Å². The number of hydrogen-bond donors (Lipinski definition) is 3. The molecule has 0 radical (unpaired) electrons. The summed E-state index contributed by atoms with van der Waals surface area (Å²) in [5, 5.41) is 22.3. The van der Waals surface area contributed by atoms with E-state index >= 15 is 0 Å². The number of carbonyl (C=O) groups is 3. The first-order valence-electron chi connectivity index (χ1n) is 10.7. The lowest BCUT2D eigenvalue weighted by atomic mass is 10.0. The number of benzene rings is 1. The molecule has 1 aliphatic rings. The molecule has 0 saturated carbocycles. The highest BCUT2D eigenvalue weighted by Crippen LogP contribution is 2.33. The van der Waals surface area contributed by atoms with E-state index in [4.69, 9.17) is 0 Å². The van der Waals surface area contributed by atoms with Crippen molar-refractivity contribution in [2.45, 2.75) is 45.7 Å². The summed E-state index contributed by atoms with van der Waals surface area (Å²) < 4.78 is 14.7. The van der Waals surface area contributed by atoms with E-state index in [1.54, 1.807) is 13.1 Å². The Bertz CT molecular complexity index is 1140. The lowest BCUT2D eigenvalue weighted by molar-refractivity contribution is -0.144. The lowest BCUT2D eigenvalue weighted by Crippen LogP contribution is -2.62. The Balaban J connectivity index is 2.07. The van der Waals surface area contributed by atoms with Crippen molar-refractivity contribution in [2.75, 3.05) is 18.4 Å². The fourth-order valence-corrected chi connectivity index (χ4v) is 4.32. The first kappa shape index (κ1) is 25.4. The number of nitrogens with zero attached hydrogens (tertiary/aromatic N) is 3. The monoisotopic (exact) mass is 536 g/mol. The van der Waals surface area contributed by atoms with Crippen molar-refractivity contribution in [1.29, 1.82) is 0 Å². The lowest BCUT2D eigenvalue weighted by Gasteiger charge is -2.42. The normalized spacial score (nSPS) is 18.2. The van der Waals surface area contributed by atoms with Crippen LogP contribution < -0.4 is 5.32 Å². The van der Waals surface area contributed by atoms with Gasteiger partial charge in [-0.3, -0.25) is 9.78 Å². The van der Waals surface area contributed by atoms with Gasteiger partial charge in [-0.1, -0.05) is 13.8 Å². The molecule has 1 aromatic heterocycles. The Morgan fingerprint density at radius 3 is 2.47 bits per heavy atom. The van der Waals surface area contributed by atoms with E-state index in [1.807, 2.05) is 26.8 Å². The minimum absolute atomic E-state index is 0.0618. The van der Waals surface area contributed by atoms with E-state index in [-0.39, 0.29) is 28.2 Å². The van der Waals surface area contributed by atoms with Gasteiger partial charge in [0.2, 0.25) is 0 Å². The first-order chi connectivity index (χ1) is 15.9. The molecule has 1 fully saturated rings. The minimum Gasteiger partial charge on any atom is -0.480 e. The summed E-state index contributed by atoms with van der Waals surface area (Å²) in [7, 11) is 0. The maximum atomic E-state index is 14.6. The van der Waals surface area contributed by atoms with Crippen LogP contribution in [0.3, 0.4) is 0 Å². The number of carboxylic acids is 1. The van der Waals surface area contributed by atoms with Crippen LogP contribution >= 0.6 is 15.9 Å². The van der Waals surface area contributed by atoms with Gasteiger partial charge >= 0.3 is 12.1 Å². The summed E-state index contributed by atoms with van der Waals surface area (Å²) in [6.07, 6.45) is 0.416. The topological polar surface area (TPSA) is 123 Å². The van der Waals surface area contributed by atoms with Crippen molar-refractivity contribution in [3.63, 3.8) is 0 Å². The van der Waals surface area contributed by atoms with Gasteiger partial charge in [-0.05, 0) is 59.5 Å². The summed E-state index contributed by atoms with van der Waals surface area (Å²) in [4.78, 5) is 43.5. The highest BCUT2D eigenvalue weighted by molar-refractivity contribution is 9.10. The van der Waals surface area contributed by atoms with Gasteiger partial charge in [0.1, 0.15) is 11.9 Å². The zero-order valence-electron chi connectivity index (χ0n) is 19.2. The number of aryl methyl sites for hydroxylation is 1. The Labute approximate surface area is 204 Å². The second-order valence-electron chi connectivity index (χ2n) is 8.58. The highest BCUT2D eigenvalue weighted by Gasteiger charge is 2.41. The van der Waals surface area contributed by atoms with Crippen LogP contribution in [-0.4, -0.2) is 68.1 Å². The van der Waals surface area contributed by atoms with Crippen molar-refractivity contribution in [3.8, 4) is 0 Å². The van der Waals surface area contributed by atoms with Crippen molar-refractivity contribution in [2.24, 2.45) is 0 Å². The number of carboxylic acid groups (broad SMARTS) is 2. The Kier molecular flexibility index (Phi) is 7.44. The van der Waals surface area contributed by atoms with Crippen molar-refractivity contribution in [3.05, 3.63) is 51.5 Å². The average Bonchev–Trinajstić information content (AvgIpc) is 2.76. The van der Waals surface area contributed by atoms with Gasteiger partial charge < -0.3 is 25.3 Å². The van der Waals surface area contributed by atoms with Crippen molar-refractivity contribution < 1.29 is 29.0 Å². The molecule has 0 spiro atoms. The van der Waals surface area contributed by atoms with Gasteiger partial charge in [-0.25, -0.2) is 14.0 Å². The average molecular weight is 537 g/mol. The molecule has 2 amide bonds. The highest BCUT2D eigenvalue weighted by atomic mass is 79.9. The number of aliphatic carboxylic acids is 1. The third-order valence-electron chi connectivity index (χ3n) is 5.82. The predicted molar refractivity (Wildman–Crippen MR) is 127 cm³/mol. The van der Waals surface area contributed by atoms with Crippen LogP contribution in [0.4, 0.5) is 20.6 Å². The second kappa shape index (κ2) is 9.96. The van der Waals surface area contributed by atoms with Gasteiger partial charge in [0, 0.05) is 18.8 Å². The molecule has 1 aromatic carbocycles. The molecular formula is C23H26BrFN4O5. The van der Waals surface area contributed by atoms with Crippen molar-refractivity contribution in [1.82, 2.24) is 14.8 Å². The van der Waals surface area contributed by atoms with E-state index in [2.05, 4.69) is 26.2 Å². The quantitative estimate of drug-likeness (QED) is 0.516.